The van der Waals surface area contributed by atoms with Crippen LogP contribution in [0.15, 0.2) is 42.6 Å². The van der Waals surface area contributed by atoms with Crippen LogP contribution in [0.3, 0.4) is 0 Å². The number of carbonyl (C=O) groups excluding carboxylic acids is 1. The van der Waals surface area contributed by atoms with Gasteiger partial charge in [0.25, 0.3) is 5.91 Å². The average molecular weight is 253 g/mol. The van der Waals surface area contributed by atoms with Crippen molar-refractivity contribution in [1.29, 1.82) is 0 Å². The number of nitrogens with zero attached hydrogens (tertiary/aromatic N) is 1. The van der Waals surface area contributed by atoms with E-state index < -0.39 is 5.91 Å². The molecule has 3 rings (SSSR count). The van der Waals surface area contributed by atoms with E-state index in [-0.39, 0.29) is 0 Å². The summed E-state index contributed by atoms with van der Waals surface area (Å²) in [5.41, 5.74) is 9.20. The first-order chi connectivity index (χ1) is 9.22. The summed E-state index contributed by atoms with van der Waals surface area (Å²) >= 11 is 0. The first kappa shape index (κ1) is 11.7. The van der Waals surface area contributed by atoms with Crippen LogP contribution in [-0.4, -0.2) is 16.9 Å². The monoisotopic (exact) mass is 253 g/mol. The molecular formula is C15H15N3O. The summed E-state index contributed by atoms with van der Waals surface area (Å²) in [5.74, 6) is -0.502. The highest BCUT2D eigenvalue weighted by molar-refractivity contribution is 5.91. The second-order valence-corrected chi connectivity index (χ2v) is 4.81. The third kappa shape index (κ3) is 2.42. The minimum atomic E-state index is -0.502. The number of primary amides is 1. The van der Waals surface area contributed by atoms with E-state index in [2.05, 4.69) is 34.6 Å². The molecule has 0 bridgehead atoms. The van der Waals surface area contributed by atoms with Gasteiger partial charge in [0.2, 0.25) is 0 Å². The summed E-state index contributed by atoms with van der Waals surface area (Å²) < 4.78 is 0. The summed E-state index contributed by atoms with van der Waals surface area (Å²) in [5, 5.41) is 3.44. The number of pyridine rings is 1. The lowest BCUT2D eigenvalue weighted by atomic mass is 10.1. The Morgan fingerprint density at radius 2 is 1.89 bits per heavy atom. The van der Waals surface area contributed by atoms with Gasteiger partial charge in [0.15, 0.2) is 0 Å². The third-order valence-corrected chi connectivity index (χ3v) is 3.43. The van der Waals surface area contributed by atoms with E-state index in [0.29, 0.717) is 11.7 Å². The molecule has 2 aromatic rings. The van der Waals surface area contributed by atoms with Gasteiger partial charge in [0, 0.05) is 17.9 Å². The Morgan fingerprint density at radius 1 is 1.21 bits per heavy atom. The molecule has 0 saturated heterocycles. The lowest BCUT2D eigenvalue weighted by Gasteiger charge is -2.13. The molecule has 96 valence electrons. The normalized spacial score (nSPS) is 14.1. The number of rotatable bonds is 3. The molecule has 0 fully saturated rings. The molecule has 0 atom stereocenters. The Bertz CT molecular complexity index is 599. The molecule has 0 saturated carbocycles. The molecule has 1 aromatic heterocycles. The van der Waals surface area contributed by atoms with Crippen LogP contribution in [0.2, 0.25) is 0 Å². The Morgan fingerprint density at radius 3 is 2.53 bits per heavy atom. The minimum absolute atomic E-state index is 0.292. The van der Waals surface area contributed by atoms with Gasteiger partial charge in [0.1, 0.15) is 5.69 Å². The molecule has 0 radical (unpaired) electrons. The zero-order chi connectivity index (χ0) is 13.2. The molecule has 1 heterocycles. The van der Waals surface area contributed by atoms with Crippen molar-refractivity contribution in [3.05, 3.63) is 59.4 Å². The van der Waals surface area contributed by atoms with Crippen molar-refractivity contribution in [3.63, 3.8) is 0 Å². The van der Waals surface area contributed by atoms with Gasteiger partial charge in [-0.3, -0.25) is 9.78 Å². The van der Waals surface area contributed by atoms with E-state index in [1.54, 1.807) is 12.3 Å². The third-order valence-electron chi connectivity index (χ3n) is 3.43. The van der Waals surface area contributed by atoms with Crippen LogP contribution in [0.1, 0.15) is 21.6 Å². The number of benzene rings is 1. The molecule has 0 aliphatic heterocycles. The fourth-order valence-electron chi connectivity index (χ4n) is 2.55. The quantitative estimate of drug-likeness (QED) is 0.875. The van der Waals surface area contributed by atoms with Gasteiger partial charge in [-0.2, -0.15) is 0 Å². The van der Waals surface area contributed by atoms with Crippen molar-refractivity contribution >= 4 is 11.6 Å². The predicted octanol–water partition coefficient (Wildman–Crippen LogP) is 1.76. The number of hydrogen-bond acceptors (Lipinski definition) is 3. The molecular weight excluding hydrogens is 238 g/mol. The van der Waals surface area contributed by atoms with Crippen molar-refractivity contribution in [2.75, 3.05) is 5.32 Å². The number of hydrogen-bond donors (Lipinski definition) is 2. The Kier molecular flexibility index (Phi) is 2.91. The van der Waals surface area contributed by atoms with E-state index in [4.69, 9.17) is 5.73 Å². The molecule has 0 spiro atoms. The average Bonchev–Trinajstić information content (AvgIpc) is 2.81. The molecule has 4 nitrogen and oxygen atoms in total. The van der Waals surface area contributed by atoms with Gasteiger partial charge in [-0.25, -0.2) is 0 Å². The van der Waals surface area contributed by atoms with Gasteiger partial charge in [-0.15, -0.1) is 0 Å². The first-order valence-corrected chi connectivity index (χ1v) is 6.31. The van der Waals surface area contributed by atoms with E-state index in [1.807, 2.05) is 6.07 Å². The number of carbonyl (C=O) groups is 1. The van der Waals surface area contributed by atoms with Gasteiger partial charge < -0.3 is 11.1 Å². The molecule has 1 aliphatic carbocycles. The first-order valence-electron chi connectivity index (χ1n) is 6.31. The highest BCUT2D eigenvalue weighted by atomic mass is 16.1. The van der Waals surface area contributed by atoms with Crippen molar-refractivity contribution in [2.45, 2.75) is 18.9 Å². The fourth-order valence-corrected chi connectivity index (χ4v) is 2.55. The van der Waals surface area contributed by atoms with Crippen LogP contribution in [-0.2, 0) is 12.8 Å². The highest BCUT2D eigenvalue weighted by Crippen LogP contribution is 2.24. The second kappa shape index (κ2) is 4.72. The second-order valence-electron chi connectivity index (χ2n) is 4.81. The Balaban J connectivity index is 1.74. The maximum Gasteiger partial charge on any atom is 0.267 e. The van der Waals surface area contributed by atoms with Gasteiger partial charge in [-0.1, -0.05) is 24.3 Å². The highest BCUT2D eigenvalue weighted by Gasteiger charge is 2.20. The maximum atomic E-state index is 11.1. The van der Waals surface area contributed by atoms with Gasteiger partial charge >= 0.3 is 0 Å². The lowest BCUT2D eigenvalue weighted by molar-refractivity contribution is 0.0995. The molecule has 0 unspecified atom stereocenters. The topological polar surface area (TPSA) is 68.0 Å². The molecule has 1 aromatic carbocycles. The predicted molar refractivity (Wildman–Crippen MR) is 74.0 cm³/mol. The largest absolute Gasteiger partial charge is 0.382 e. The molecule has 1 amide bonds. The number of anilines is 1. The van der Waals surface area contributed by atoms with Gasteiger partial charge in [-0.05, 0) is 36.1 Å². The molecule has 4 heteroatoms. The number of fused-ring (bicyclic) bond motifs is 1. The van der Waals surface area contributed by atoms with E-state index in [9.17, 15) is 4.79 Å². The van der Waals surface area contributed by atoms with Crippen LogP contribution in [0.5, 0.6) is 0 Å². The molecule has 19 heavy (non-hydrogen) atoms. The summed E-state index contributed by atoms with van der Waals surface area (Å²) in [6.45, 7) is 0. The summed E-state index contributed by atoms with van der Waals surface area (Å²) in [6.07, 6.45) is 3.61. The number of amides is 1. The lowest BCUT2D eigenvalue weighted by Crippen LogP contribution is -2.20. The van der Waals surface area contributed by atoms with Crippen LogP contribution in [0.4, 0.5) is 5.69 Å². The zero-order valence-corrected chi connectivity index (χ0v) is 10.5. The molecule has 1 aliphatic rings. The number of nitrogens with one attached hydrogen (secondary N) is 1. The summed E-state index contributed by atoms with van der Waals surface area (Å²) in [6, 6.07) is 12.4. The number of nitrogens with two attached hydrogens (primary N) is 1. The fraction of sp³-hybridized carbons (Fsp3) is 0.200. The summed E-state index contributed by atoms with van der Waals surface area (Å²) in [7, 11) is 0. The standard InChI is InChI=1S/C15H15N3O/c16-15(19)14-9-12(5-6-17-14)18-13-7-10-3-1-2-4-11(10)8-13/h1-6,9,13H,7-8H2,(H2,16,19)(H,17,18). The van der Waals surface area contributed by atoms with Crippen molar-refractivity contribution in [3.8, 4) is 0 Å². The van der Waals surface area contributed by atoms with Crippen molar-refractivity contribution in [2.24, 2.45) is 5.73 Å². The van der Waals surface area contributed by atoms with Crippen molar-refractivity contribution in [1.82, 2.24) is 4.98 Å². The van der Waals surface area contributed by atoms with Crippen LogP contribution in [0.25, 0.3) is 0 Å². The van der Waals surface area contributed by atoms with Crippen molar-refractivity contribution < 1.29 is 4.79 Å². The minimum Gasteiger partial charge on any atom is -0.382 e. The molecule has 3 N–H and O–H groups in total. The van der Waals surface area contributed by atoms with Crippen LogP contribution in [0, 0.1) is 0 Å². The zero-order valence-electron chi connectivity index (χ0n) is 10.5. The number of aromatic nitrogens is 1. The Labute approximate surface area is 111 Å². The van der Waals surface area contributed by atoms with E-state index in [1.165, 1.54) is 11.1 Å². The smallest absolute Gasteiger partial charge is 0.267 e. The van der Waals surface area contributed by atoms with E-state index in [0.717, 1.165) is 18.5 Å². The maximum absolute atomic E-state index is 11.1. The summed E-state index contributed by atoms with van der Waals surface area (Å²) in [4.78, 5) is 15.0. The SMILES string of the molecule is NC(=O)c1cc(NC2Cc3ccccc3C2)ccn1. The Hall–Kier alpha value is -2.36. The van der Waals surface area contributed by atoms with E-state index >= 15 is 0 Å². The van der Waals surface area contributed by atoms with Crippen LogP contribution >= 0.6 is 0 Å². The van der Waals surface area contributed by atoms with Crippen LogP contribution < -0.4 is 11.1 Å². The van der Waals surface area contributed by atoms with Gasteiger partial charge in [0.05, 0.1) is 0 Å².